The Kier molecular flexibility index (Phi) is 7.05. The van der Waals surface area contributed by atoms with Crippen LogP contribution in [0.4, 0.5) is 25.0 Å². The summed E-state index contributed by atoms with van der Waals surface area (Å²) in [5, 5.41) is 2.73. The zero-order valence-corrected chi connectivity index (χ0v) is 18.9. The third-order valence-corrected chi connectivity index (χ3v) is 5.50. The fraction of sp³-hybridized carbons (Fsp3) is 0.192. The van der Waals surface area contributed by atoms with Crippen molar-refractivity contribution in [2.75, 3.05) is 16.8 Å². The van der Waals surface area contributed by atoms with Crippen LogP contribution in [-0.4, -0.2) is 35.4 Å². The SMILES string of the molecule is CCOc1ccc(NC(=O)C[C@@H]2C(=O)N(c3ccc(F)cc3)C(=O)N2Cc2ccc(F)cc2)cc1. The topological polar surface area (TPSA) is 79.0 Å². The number of benzene rings is 3. The highest BCUT2D eigenvalue weighted by molar-refractivity contribution is 6.22. The van der Waals surface area contributed by atoms with Crippen molar-refractivity contribution in [1.82, 2.24) is 4.90 Å². The smallest absolute Gasteiger partial charge is 0.332 e. The van der Waals surface area contributed by atoms with E-state index in [4.69, 9.17) is 4.74 Å². The second-order valence-electron chi connectivity index (χ2n) is 7.91. The van der Waals surface area contributed by atoms with Gasteiger partial charge < -0.3 is 15.0 Å². The molecule has 35 heavy (non-hydrogen) atoms. The Bertz CT molecular complexity index is 1210. The number of rotatable bonds is 8. The first-order valence-electron chi connectivity index (χ1n) is 11.0. The van der Waals surface area contributed by atoms with E-state index in [9.17, 15) is 23.2 Å². The van der Waals surface area contributed by atoms with Crippen LogP contribution in [0.1, 0.15) is 18.9 Å². The molecule has 9 heteroatoms. The van der Waals surface area contributed by atoms with Crippen molar-refractivity contribution < 1.29 is 27.9 Å². The molecule has 3 aromatic rings. The van der Waals surface area contributed by atoms with Gasteiger partial charge in [0.15, 0.2) is 0 Å². The number of halogens is 2. The van der Waals surface area contributed by atoms with E-state index in [1.807, 2.05) is 6.92 Å². The summed E-state index contributed by atoms with van der Waals surface area (Å²) in [5.41, 5.74) is 1.29. The molecule has 4 amide bonds. The maximum Gasteiger partial charge on any atom is 0.332 e. The molecular formula is C26H23F2N3O4. The molecule has 0 aliphatic carbocycles. The number of amides is 4. The van der Waals surface area contributed by atoms with Crippen molar-refractivity contribution in [2.45, 2.75) is 25.9 Å². The van der Waals surface area contributed by atoms with Gasteiger partial charge in [-0.25, -0.2) is 18.5 Å². The van der Waals surface area contributed by atoms with E-state index in [0.717, 1.165) is 17.0 Å². The Balaban J connectivity index is 1.56. The number of urea groups is 1. The molecule has 0 radical (unpaired) electrons. The maximum atomic E-state index is 13.4. The first kappa shape index (κ1) is 23.9. The number of carbonyl (C=O) groups is 3. The van der Waals surface area contributed by atoms with Crippen LogP contribution in [0.15, 0.2) is 72.8 Å². The van der Waals surface area contributed by atoms with Gasteiger partial charge >= 0.3 is 6.03 Å². The minimum atomic E-state index is -1.10. The number of nitrogens with zero attached hydrogens (tertiary/aromatic N) is 2. The molecule has 0 unspecified atom stereocenters. The van der Waals surface area contributed by atoms with Gasteiger partial charge in [0.25, 0.3) is 5.91 Å². The maximum absolute atomic E-state index is 13.4. The highest BCUT2D eigenvalue weighted by atomic mass is 19.1. The van der Waals surface area contributed by atoms with E-state index in [-0.39, 0.29) is 18.7 Å². The van der Waals surface area contributed by atoms with Gasteiger partial charge in [0.2, 0.25) is 5.91 Å². The van der Waals surface area contributed by atoms with Crippen molar-refractivity contribution in [1.29, 1.82) is 0 Å². The standard InChI is InChI=1S/C26H23F2N3O4/c1-2-35-22-13-9-20(10-14-22)29-24(32)15-23-25(33)31(21-11-7-19(28)8-12-21)26(34)30(23)16-17-3-5-18(27)6-4-17/h3-14,23H,2,15-16H2,1H3,(H,29,32)/t23-/m1/s1. The average Bonchev–Trinajstić information content (AvgIpc) is 3.06. The Hall–Kier alpha value is -4.27. The molecule has 1 fully saturated rings. The van der Waals surface area contributed by atoms with Gasteiger partial charge in [-0.15, -0.1) is 0 Å². The number of hydrogen-bond donors (Lipinski definition) is 1. The first-order valence-corrected chi connectivity index (χ1v) is 11.0. The minimum absolute atomic E-state index is 0.0104. The van der Waals surface area contributed by atoms with Crippen LogP contribution in [0.25, 0.3) is 0 Å². The highest BCUT2D eigenvalue weighted by Crippen LogP contribution is 2.29. The highest BCUT2D eigenvalue weighted by Gasteiger charge is 2.46. The van der Waals surface area contributed by atoms with Crippen molar-refractivity contribution in [3.05, 3.63) is 90.0 Å². The number of anilines is 2. The molecule has 1 atom stereocenters. The zero-order chi connectivity index (χ0) is 24.9. The molecule has 0 bridgehead atoms. The Morgan fingerprint density at radius 3 is 2.11 bits per heavy atom. The van der Waals surface area contributed by atoms with E-state index in [1.54, 1.807) is 24.3 Å². The second-order valence-corrected chi connectivity index (χ2v) is 7.91. The summed E-state index contributed by atoms with van der Waals surface area (Å²) < 4.78 is 32.1. The molecule has 0 spiro atoms. The fourth-order valence-corrected chi connectivity index (χ4v) is 3.82. The molecular weight excluding hydrogens is 456 g/mol. The molecule has 1 saturated heterocycles. The zero-order valence-electron chi connectivity index (χ0n) is 18.9. The van der Waals surface area contributed by atoms with Crippen molar-refractivity contribution in [3.63, 3.8) is 0 Å². The molecule has 1 N–H and O–H groups in total. The van der Waals surface area contributed by atoms with Gasteiger partial charge in [0.1, 0.15) is 23.4 Å². The predicted molar refractivity (Wildman–Crippen MR) is 126 cm³/mol. The lowest BCUT2D eigenvalue weighted by atomic mass is 10.1. The predicted octanol–water partition coefficient (Wildman–Crippen LogP) is 4.73. The van der Waals surface area contributed by atoms with Crippen LogP contribution in [0.2, 0.25) is 0 Å². The second kappa shape index (κ2) is 10.3. The van der Waals surface area contributed by atoms with Gasteiger partial charge in [-0.1, -0.05) is 12.1 Å². The summed E-state index contributed by atoms with van der Waals surface area (Å²) in [7, 11) is 0. The number of imide groups is 1. The van der Waals surface area contributed by atoms with Crippen LogP contribution in [0, 0.1) is 11.6 Å². The third kappa shape index (κ3) is 5.46. The third-order valence-electron chi connectivity index (χ3n) is 5.50. The largest absolute Gasteiger partial charge is 0.494 e. The molecule has 0 saturated carbocycles. The first-order chi connectivity index (χ1) is 16.9. The van der Waals surface area contributed by atoms with E-state index >= 15 is 0 Å². The van der Waals surface area contributed by atoms with Crippen LogP contribution in [0.5, 0.6) is 5.75 Å². The van der Waals surface area contributed by atoms with Gasteiger partial charge in [-0.2, -0.15) is 0 Å². The minimum Gasteiger partial charge on any atom is -0.494 e. The summed E-state index contributed by atoms with van der Waals surface area (Å²) in [5.74, 6) is -1.36. The summed E-state index contributed by atoms with van der Waals surface area (Å²) in [4.78, 5) is 41.5. The van der Waals surface area contributed by atoms with Gasteiger partial charge in [-0.05, 0) is 73.2 Å². The van der Waals surface area contributed by atoms with Gasteiger partial charge in [0, 0.05) is 12.2 Å². The van der Waals surface area contributed by atoms with Crippen molar-refractivity contribution >= 4 is 29.2 Å². The molecule has 4 rings (SSSR count). The van der Waals surface area contributed by atoms with Crippen molar-refractivity contribution in [2.24, 2.45) is 0 Å². The summed E-state index contributed by atoms with van der Waals surface area (Å²) in [6, 6.07) is 15.5. The summed E-state index contributed by atoms with van der Waals surface area (Å²) in [6.07, 6.45) is -0.295. The quantitative estimate of drug-likeness (QED) is 0.474. The van der Waals surface area contributed by atoms with Crippen molar-refractivity contribution in [3.8, 4) is 5.75 Å². The lowest BCUT2D eigenvalue weighted by Gasteiger charge is -2.21. The van der Waals surface area contributed by atoms with Crippen LogP contribution >= 0.6 is 0 Å². The monoisotopic (exact) mass is 479 g/mol. The Morgan fingerprint density at radius 1 is 0.914 bits per heavy atom. The lowest BCUT2D eigenvalue weighted by Crippen LogP contribution is -2.37. The molecule has 1 aliphatic rings. The summed E-state index contributed by atoms with van der Waals surface area (Å²) in [6.45, 7) is 2.37. The van der Waals surface area contributed by atoms with Crippen LogP contribution < -0.4 is 15.0 Å². The molecule has 3 aromatic carbocycles. The molecule has 1 aliphatic heterocycles. The number of carbonyl (C=O) groups excluding carboxylic acids is 3. The molecule has 0 aromatic heterocycles. The molecule has 7 nitrogen and oxygen atoms in total. The number of hydrogen-bond acceptors (Lipinski definition) is 4. The Morgan fingerprint density at radius 2 is 1.51 bits per heavy atom. The van der Waals surface area contributed by atoms with E-state index in [1.165, 1.54) is 41.3 Å². The summed E-state index contributed by atoms with van der Waals surface area (Å²) >= 11 is 0. The lowest BCUT2D eigenvalue weighted by molar-refractivity contribution is -0.124. The number of nitrogens with one attached hydrogen (secondary N) is 1. The van der Waals surface area contributed by atoms with E-state index in [0.29, 0.717) is 23.6 Å². The van der Waals surface area contributed by atoms with Gasteiger partial charge in [0.05, 0.1) is 18.7 Å². The van der Waals surface area contributed by atoms with Crippen LogP contribution in [0.3, 0.4) is 0 Å². The van der Waals surface area contributed by atoms with Gasteiger partial charge in [-0.3, -0.25) is 9.59 Å². The van der Waals surface area contributed by atoms with E-state index in [2.05, 4.69) is 5.32 Å². The normalized spacial score (nSPS) is 15.5. The fourth-order valence-electron chi connectivity index (χ4n) is 3.82. The Labute approximate surface area is 200 Å². The molecule has 180 valence electrons. The average molecular weight is 479 g/mol. The number of ether oxygens (including phenoxy) is 1. The van der Waals surface area contributed by atoms with E-state index < -0.39 is 35.5 Å². The van der Waals surface area contributed by atoms with Crippen LogP contribution in [-0.2, 0) is 16.1 Å². The molecule has 1 heterocycles.